The van der Waals surface area contributed by atoms with E-state index in [0.717, 1.165) is 4.31 Å². The molecule has 0 unspecified atom stereocenters. The molecule has 0 aromatic heterocycles. The quantitative estimate of drug-likeness (QED) is 0.483. The van der Waals surface area contributed by atoms with Crippen molar-refractivity contribution in [2.24, 2.45) is 5.92 Å². The van der Waals surface area contributed by atoms with Crippen LogP contribution in [0.15, 0.2) is 23.1 Å². The third kappa shape index (κ3) is 4.32. The van der Waals surface area contributed by atoms with Crippen molar-refractivity contribution in [3.05, 3.63) is 27.3 Å². The van der Waals surface area contributed by atoms with Crippen LogP contribution in [0.4, 0.5) is 0 Å². The molecule has 25 heavy (non-hydrogen) atoms. The Balaban J connectivity index is 2.22. The topological polar surface area (TPSA) is 84.0 Å². The highest BCUT2D eigenvalue weighted by atomic mass is 127. The fourth-order valence-corrected chi connectivity index (χ4v) is 4.19. The number of likely N-dealkylation sites (tertiary alicyclic amines) is 1. The Labute approximate surface area is 161 Å². The number of nitrogens with zero attached hydrogens (tertiary/aromatic N) is 2. The SMILES string of the molecule is COC(=O)C1CCN(C(=O)c2cc(S(=O)(=O)N(C)C)ccc2I)CC1. The second-order valence-electron chi connectivity index (χ2n) is 6.02. The zero-order chi connectivity index (χ0) is 18.8. The minimum atomic E-state index is -3.61. The van der Waals surface area contributed by atoms with E-state index in [9.17, 15) is 18.0 Å². The van der Waals surface area contributed by atoms with Gasteiger partial charge in [0.05, 0.1) is 23.5 Å². The molecule has 0 bridgehead atoms. The Bertz CT molecular complexity index is 771. The number of rotatable bonds is 4. The average Bonchev–Trinajstić information content (AvgIpc) is 2.60. The molecule has 0 spiro atoms. The number of benzene rings is 1. The fraction of sp³-hybridized carbons (Fsp3) is 0.500. The van der Waals surface area contributed by atoms with Crippen LogP contribution >= 0.6 is 22.6 Å². The Hall–Kier alpha value is -1.20. The van der Waals surface area contributed by atoms with Gasteiger partial charge >= 0.3 is 5.97 Å². The summed E-state index contributed by atoms with van der Waals surface area (Å²) in [6.07, 6.45) is 1.09. The number of halogens is 1. The third-order valence-electron chi connectivity index (χ3n) is 4.26. The second kappa shape index (κ2) is 8.00. The highest BCUT2D eigenvalue weighted by Crippen LogP contribution is 2.24. The summed E-state index contributed by atoms with van der Waals surface area (Å²) in [5.41, 5.74) is 0.361. The first-order valence-electron chi connectivity index (χ1n) is 7.77. The summed E-state index contributed by atoms with van der Waals surface area (Å²) in [6, 6.07) is 4.55. The van der Waals surface area contributed by atoms with Gasteiger partial charge in [-0.3, -0.25) is 9.59 Å². The van der Waals surface area contributed by atoms with E-state index in [4.69, 9.17) is 4.74 Å². The Morgan fingerprint density at radius 1 is 1.24 bits per heavy atom. The van der Waals surface area contributed by atoms with Crippen molar-refractivity contribution >= 4 is 44.5 Å². The molecule has 1 heterocycles. The maximum atomic E-state index is 12.8. The lowest BCUT2D eigenvalue weighted by molar-refractivity contribution is -0.146. The van der Waals surface area contributed by atoms with Gasteiger partial charge in [-0.05, 0) is 53.6 Å². The molecule has 7 nitrogen and oxygen atoms in total. The van der Waals surface area contributed by atoms with Crippen LogP contribution in [0, 0.1) is 9.49 Å². The standard InChI is InChI=1S/C16H21IN2O5S/c1-18(2)25(22,23)12-4-5-14(17)13(10-12)15(20)19-8-6-11(7-9-19)16(21)24-3/h4-5,10-11H,6-9H2,1-3H3. The number of carbonyl (C=O) groups is 2. The number of esters is 1. The Morgan fingerprint density at radius 2 is 1.84 bits per heavy atom. The molecule has 1 aromatic carbocycles. The van der Waals surface area contributed by atoms with Crippen molar-refractivity contribution in [2.45, 2.75) is 17.7 Å². The number of piperidine rings is 1. The van der Waals surface area contributed by atoms with Crippen LogP contribution < -0.4 is 0 Å². The van der Waals surface area contributed by atoms with Gasteiger partial charge in [-0.1, -0.05) is 0 Å². The molecule has 1 saturated heterocycles. The minimum Gasteiger partial charge on any atom is -0.469 e. The zero-order valence-corrected chi connectivity index (χ0v) is 17.3. The maximum absolute atomic E-state index is 12.8. The van der Waals surface area contributed by atoms with Gasteiger partial charge in [-0.25, -0.2) is 12.7 Å². The summed E-state index contributed by atoms with van der Waals surface area (Å²) in [5.74, 6) is -0.655. The number of amides is 1. The molecular formula is C16H21IN2O5S. The summed E-state index contributed by atoms with van der Waals surface area (Å²) in [6.45, 7) is 0.888. The van der Waals surface area contributed by atoms with Gasteiger partial charge in [0.15, 0.2) is 0 Å². The summed E-state index contributed by atoms with van der Waals surface area (Å²) >= 11 is 2.02. The van der Waals surface area contributed by atoms with Crippen molar-refractivity contribution in [3.63, 3.8) is 0 Å². The molecule has 1 fully saturated rings. The summed E-state index contributed by atoms with van der Waals surface area (Å²) < 4.78 is 31.1. The Kier molecular flexibility index (Phi) is 6.44. The molecule has 1 aliphatic rings. The lowest BCUT2D eigenvalue weighted by Crippen LogP contribution is -2.40. The molecule has 0 aliphatic carbocycles. The molecular weight excluding hydrogens is 459 g/mol. The Morgan fingerprint density at radius 3 is 2.36 bits per heavy atom. The van der Waals surface area contributed by atoms with E-state index < -0.39 is 10.0 Å². The monoisotopic (exact) mass is 480 g/mol. The summed E-state index contributed by atoms with van der Waals surface area (Å²) in [7, 11) is 0.656. The number of sulfonamides is 1. The molecule has 0 saturated carbocycles. The fourth-order valence-electron chi connectivity index (χ4n) is 2.69. The maximum Gasteiger partial charge on any atom is 0.308 e. The zero-order valence-electron chi connectivity index (χ0n) is 14.4. The third-order valence-corrected chi connectivity index (χ3v) is 7.02. The molecule has 1 aliphatic heterocycles. The van der Waals surface area contributed by atoms with Gasteiger partial charge in [0, 0.05) is 30.8 Å². The van der Waals surface area contributed by atoms with E-state index in [2.05, 4.69) is 0 Å². The molecule has 0 radical (unpaired) electrons. The van der Waals surface area contributed by atoms with Crippen molar-refractivity contribution < 1.29 is 22.7 Å². The van der Waals surface area contributed by atoms with Crippen LogP contribution in [0.25, 0.3) is 0 Å². The molecule has 9 heteroatoms. The van der Waals surface area contributed by atoms with E-state index in [1.54, 1.807) is 11.0 Å². The average molecular weight is 480 g/mol. The van der Waals surface area contributed by atoms with E-state index >= 15 is 0 Å². The molecule has 0 atom stereocenters. The van der Waals surface area contributed by atoms with Gasteiger partial charge in [0.25, 0.3) is 5.91 Å². The van der Waals surface area contributed by atoms with E-state index in [0.29, 0.717) is 35.1 Å². The van der Waals surface area contributed by atoms with Crippen LogP contribution in [0.1, 0.15) is 23.2 Å². The van der Waals surface area contributed by atoms with Crippen LogP contribution in [-0.4, -0.2) is 63.8 Å². The van der Waals surface area contributed by atoms with Gasteiger partial charge in [0.2, 0.25) is 10.0 Å². The second-order valence-corrected chi connectivity index (χ2v) is 9.33. The number of ether oxygens (including phenoxy) is 1. The molecule has 1 aromatic rings. The summed E-state index contributed by atoms with van der Waals surface area (Å²) in [5, 5.41) is 0. The highest BCUT2D eigenvalue weighted by molar-refractivity contribution is 14.1. The number of hydrogen-bond acceptors (Lipinski definition) is 5. The first kappa shape index (κ1) is 20.1. The van der Waals surface area contributed by atoms with Crippen molar-refractivity contribution in [1.82, 2.24) is 9.21 Å². The van der Waals surface area contributed by atoms with E-state index in [-0.39, 0.29) is 22.7 Å². The van der Waals surface area contributed by atoms with Crippen LogP contribution in [0.2, 0.25) is 0 Å². The summed E-state index contributed by atoms with van der Waals surface area (Å²) in [4.78, 5) is 26.1. The van der Waals surface area contributed by atoms with Crippen LogP contribution in [0.5, 0.6) is 0 Å². The highest BCUT2D eigenvalue weighted by Gasteiger charge is 2.29. The first-order valence-corrected chi connectivity index (χ1v) is 10.3. The van der Waals surface area contributed by atoms with Crippen molar-refractivity contribution in [2.75, 3.05) is 34.3 Å². The van der Waals surface area contributed by atoms with Gasteiger partial charge in [-0.2, -0.15) is 0 Å². The number of hydrogen-bond donors (Lipinski definition) is 0. The van der Waals surface area contributed by atoms with Crippen molar-refractivity contribution in [3.8, 4) is 0 Å². The largest absolute Gasteiger partial charge is 0.469 e. The van der Waals surface area contributed by atoms with Gasteiger partial charge in [-0.15, -0.1) is 0 Å². The molecule has 2 rings (SSSR count). The van der Waals surface area contributed by atoms with E-state index in [1.165, 1.54) is 33.3 Å². The normalized spacial score (nSPS) is 16.1. The minimum absolute atomic E-state index is 0.0886. The lowest BCUT2D eigenvalue weighted by Gasteiger charge is -2.31. The predicted octanol–water partition coefficient (Wildman–Crippen LogP) is 1.57. The molecule has 1 amide bonds. The number of methoxy groups -OCH3 is 1. The molecule has 138 valence electrons. The van der Waals surface area contributed by atoms with Crippen LogP contribution in [-0.2, 0) is 19.6 Å². The first-order chi connectivity index (χ1) is 11.7. The van der Waals surface area contributed by atoms with Gasteiger partial charge < -0.3 is 9.64 Å². The van der Waals surface area contributed by atoms with E-state index in [1.807, 2.05) is 22.6 Å². The smallest absolute Gasteiger partial charge is 0.308 e. The van der Waals surface area contributed by atoms with Crippen molar-refractivity contribution in [1.29, 1.82) is 0 Å². The van der Waals surface area contributed by atoms with Crippen LogP contribution in [0.3, 0.4) is 0 Å². The number of carbonyl (C=O) groups excluding carboxylic acids is 2. The predicted molar refractivity (Wildman–Crippen MR) is 101 cm³/mol. The molecule has 0 N–H and O–H groups in total. The lowest BCUT2D eigenvalue weighted by atomic mass is 9.96. The van der Waals surface area contributed by atoms with Gasteiger partial charge in [0.1, 0.15) is 0 Å².